The molecule has 0 radical (unpaired) electrons. The molecular formula is C20H22F3N3O4S. The Morgan fingerprint density at radius 2 is 1.68 bits per heavy atom. The molecule has 0 unspecified atom stereocenters. The van der Waals surface area contributed by atoms with Crippen LogP contribution in [0.3, 0.4) is 0 Å². The van der Waals surface area contributed by atoms with Gasteiger partial charge in [0.2, 0.25) is 10.0 Å². The lowest BCUT2D eigenvalue weighted by Crippen LogP contribution is -2.48. The second kappa shape index (κ2) is 8.85. The van der Waals surface area contributed by atoms with E-state index in [1.807, 2.05) is 0 Å². The number of carbonyl (C=O) groups is 1. The highest BCUT2D eigenvalue weighted by Gasteiger charge is 2.32. The maximum atomic E-state index is 12.8. The Hall–Kier alpha value is -2.63. The quantitative estimate of drug-likeness (QED) is 0.673. The van der Waals surface area contributed by atoms with Crippen LogP contribution in [0.4, 0.5) is 18.9 Å². The molecule has 2 aromatic carbocycles. The monoisotopic (exact) mass is 457 g/mol. The highest BCUT2D eigenvalue weighted by Crippen LogP contribution is 2.30. The average molecular weight is 457 g/mol. The van der Waals surface area contributed by atoms with E-state index in [4.69, 9.17) is 4.74 Å². The smallest absolute Gasteiger partial charge is 0.373 e. The number of anilines is 1. The molecular weight excluding hydrogens is 435 g/mol. The van der Waals surface area contributed by atoms with Gasteiger partial charge in [0.05, 0.1) is 28.4 Å². The standard InChI is InChI=1S/C20H22F3N3O4S/c1-13-11-26(12-14(2)30-13)31(28,29)18-8-6-15(7-9-18)19(27)25-24-17-5-3-4-16(10-17)20(21,22)23/h3-10,13-14,24H,11-12H2,1-2H3,(H,25,27)/t13-,14-/m0/s1. The number of hydrogen-bond acceptors (Lipinski definition) is 5. The van der Waals surface area contributed by atoms with Gasteiger partial charge in [-0.25, -0.2) is 8.42 Å². The lowest BCUT2D eigenvalue weighted by atomic mass is 10.2. The number of benzene rings is 2. The Kier molecular flexibility index (Phi) is 6.58. The molecule has 7 nitrogen and oxygen atoms in total. The fourth-order valence-corrected chi connectivity index (χ4v) is 4.82. The summed E-state index contributed by atoms with van der Waals surface area (Å²) in [6, 6.07) is 9.67. The summed E-state index contributed by atoms with van der Waals surface area (Å²) in [4.78, 5) is 12.3. The van der Waals surface area contributed by atoms with Gasteiger partial charge in [-0.05, 0) is 56.3 Å². The Bertz CT molecular complexity index is 1030. The normalized spacial score (nSPS) is 20.3. The molecule has 0 aromatic heterocycles. The molecule has 0 spiro atoms. The number of nitrogens with zero attached hydrogens (tertiary/aromatic N) is 1. The van der Waals surface area contributed by atoms with E-state index < -0.39 is 27.7 Å². The zero-order valence-corrected chi connectivity index (χ0v) is 17.6. The molecule has 1 fully saturated rings. The van der Waals surface area contributed by atoms with Crippen molar-refractivity contribution < 1.29 is 31.1 Å². The third-order valence-corrected chi connectivity index (χ3v) is 6.50. The first kappa shape index (κ1) is 23.0. The van der Waals surface area contributed by atoms with Crippen molar-refractivity contribution in [3.05, 3.63) is 59.7 Å². The zero-order chi connectivity index (χ0) is 22.8. The molecule has 1 amide bonds. The number of sulfonamides is 1. The minimum absolute atomic E-state index is 0.0381. The van der Waals surface area contributed by atoms with Gasteiger partial charge in [-0.1, -0.05) is 6.07 Å². The molecule has 2 N–H and O–H groups in total. The van der Waals surface area contributed by atoms with E-state index in [0.717, 1.165) is 12.1 Å². The molecule has 0 saturated carbocycles. The second-order valence-electron chi connectivity index (χ2n) is 7.26. The maximum Gasteiger partial charge on any atom is 0.416 e. The molecule has 31 heavy (non-hydrogen) atoms. The molecule has 11 heteroatoms. The molecule has 168 valence electrons. The van der Waals surface area contributed by atoms with Crippen molar-refractivity contribution in [3.63, 3.8) is 0 Å². The number of ether oxygens (including phenoxy) is 1. The number of alkyl halides is 3. The van der Waals surface area contributed by atoms with Gasteiger partial charge in [0.25, 0.3) is 5.91 Å². The maximum absolute atomic E-state index is 12.8. The number of carbonyl (C=O) groups excluding carboxylic acids is 1. The number of nitrogens with one attached hydrogen (secondary N) is 2. The highest BCUT2D eigenvalue weighted by molar-refractivity contribution is 7.89. The van der Waals surface area contributed by atoms with Gasteiger partial charge in [0.15, 0.2) is 0 Å². The van der Waals surface area contributed by atoms with Crippen LogP contribution >= 0.6 is 0 Å². The minimum atomic E-state index is -4.50. The largest absolute Gasteiger partial charge is 0.416 e. The van der Waals surface area contributed by atoms with Crippen molar-refractivity contribution in [2.24, 2.45) is 0 Å². The first-order chi connectivity index (χ1) is 14.5. The van der Waals surface area contributed by atoms with E-state index in [1.165, 1.54) is 40.7 Å². The summed E-state index contributed by atoms with van der Waals surface area (Å²) in [6.45, 7) is 4.05. The second-order valence-corrected chi connectivity index (χ2v) is 9.20. The summed E-state index contributed by atoms with van der Waals surface area (Å²) < 4.78 is 70.9. The lowest BCUT2D eigenvalue weighted by Gasteiger charge is -2.34. The molecule has 2 aromatic rings. The third kappa shape index (κ3) is 5.54. The fraction of sp³-hybridized carbons (Fsp3) is 0.350. The summed E-state index contributed by atoms with van der Waals surface area (Å²) in [6.07, 6.45) is -4.96. The minimum Gasteiger partial charge on any atom is -0.373 e. The molecule has 3 rings (SSSR count). The van der Waals surface area contributed by atoms with Crippen LogP contribution in [0.2, 0.25) is 0 Å². The molecule has 1 aliphatic rings. The average Bonchev–Trinajstić information content (AvgIpc) is 2.71. The predicted octanol–water partition coefficient (Wildman–Crippen LogP) is 3.26. The van der Waals surface area contributed by atoms with E-state index in [-0.39, 0.29) is 41.4 Å². The van der Waals surface area contributed by atoms with Crippen molar-refractivity contribution >= 4 is 21.6 Å². The van der Waals surface area contributed by atoms with Gasteiger partial charge in [0.1, 0.15) is 0 Å². The zero-order valence-electron chi connectivity index (χ0n) is 16.8. The Morgan fingerprint density at radius 3 is 2.26 bits per heavy atom. The Labute approximate surface area is 178 Å². The number of morpholine rings is 1. The summed E-state index contributed by atoms with van der Waals surface area (Å²) in [7, 11) is -3.74. The lowest BCUT2D eigenvalue weighted by molar-refractivity contribution is -0.137. The third-order valence-electron chi connectivity index (χ3n) is 4.65. The van der Waals surface area contributed by atoms with E-state index >= 15 is 0 Å². The van der Waals surface area contributed by atoms with Crippen LogP contribution in [0.1, 0.15) is 29.8 Å². The van der Waals surface area contributed by atoms with E-state index in [2.05, 4.69) is 10.9 Å². The van der Waals surface area contributed by atoms with Crippen LogP contribution in [-0.4, -0.2) is 43.9 Å². The van der Waals surface area contributed by atoms with Crippen LogP contribution in [0.25, 0.3) is 0 Å². The first-order valence-electron chi connectivity index (χ1n) is 9.46. The highest BCUT2D eigenvalue weighted by atomic mass is 32.2. The van der Waals surface area contributed by atoms with Crippen molar-refractivity contribution in [1.29, 1.82) is 0 Å². The van der Waals surface area contributed by atoms with E-state index in [1.54, 1.807) is 13.8 Å². The number of rotatable bonds is 5. The number of hydrogen-bond donors (Lipinski definition) is 2. The van der Waals surface area contributed by atoms with Crippen LogP contribution in [0.15, 0.2) is 53.4 Å². The van der Waals surface area contributed by atoms with E-state index in [9.17, 15) is 26.4 Å². The molecule has 1 saturated heterocycles. The predicted molar refractivity (Wildman–Crippen MR) is 108 cm³/mol. The van der Waals surface area contributed by atoms with Crippen molar-refractivity contribution in [1.82, 2.24) is 9.73 Å². The van der Waals surface area contributed by atoms with Gasteiger partial charge in [0, 0.05) is 18.7 Å². The van der Waals surface area contributed by atoms with Crippen molar-refractivity contribution in [2.45, 2.75) is 37.1 Å². The Balaban J connectivity index is 1.66. The molecule has 0 aliphatic carbocycles. The topological polar surface area (TPSA) is 87.7 Å². The number of amides is 1. The van der Waals surface area contributed by atoms with E-state index in [0.29, 0.717) is 0 Å². The summed E-state index contributed by atoms with van der Waals surface area (Å²) in [5, 5.41) is 0. The summed E-state index contributed by atoms with van der Waals surface area (Å²) in [5.41, 5.74) is 4.06. The van der Waals surface area contributed by atoms with Crippen LogP contribution < -0.4 is 10.9 Å². The fourth-order valence-electron chi connectivity index (χ4n) is 3.23. The molecule has 1 aliphatic heterocycles. The van der Waals surface area contributed by atoms with Crippen LogP contribution in [0, 0.1) is 0 Å². The number of hydrazine groups is 1. The van der Waals surface area contributed by atoms with Crippen molar-refractivity contribution in [2.75, 3.05) is 18.5 Å². The SMILES string of the molecule is C[C@H]1CN(S(=O)(=O)c2ccc(C(=O)NNc3cccc(C(F)(F)F)c3)cc2)C[C@H](C)O1. The molecule has 2 atom stereocenters. The summed E-state index contributed by atoms with van der Waals surface area (Å²) in [5.74, 6) is -0.630. The van der Waals surface area contributed by atoms with Crippen molar-refractivity contribution in [3.8, 4) is 0 Å². The van der Waals surface area contributed by atoms with Gasteiger partial charge >= 0.3 is 6.18 Å². The van der Waals surface area contributed by atoms with Gasteiger partial charge in [-0.15, -0.1) is 0 Å². The Morgan fingerprint density at radius 1 is 1.06 bits per heavy atom. The number of halogens is 3. The van der Waals surface area contributed by atoms with Gasteiger partial charge < -0.3 is 4.74 Å². The molecule has 1 heterocycles. The first-order valence-corrected chi connectivity index (χ1v) is 10.9. The molecule has 0 bridgehead atoms. The van der Waals surface area contributed by atoms with Crippen LogP contribution in [0.5, 0.6) is 0 Å². The summed E-state index contributed by atoms with van der Waals surface area (Å²) >= 11 is 0. The van der Waals surface area contributed by atoms with Gasteiger partial charge in [-0.2, -0.15) is 17.5 Å². The van der Waals surface area contributed by atoms with Gasteiger partial charge in [-0.3, -0.25) is 15.6 Å². The van der Waals surface area contributed by atoms with Crippen LogP contribution in [-0.2, 0) is 20.9 Å².